The summed E-state index contributed by atoms with van der Waals surface area (Å²) in [5.74, 6) is 1.60. The second kappa shape index (κ2) is 4.35. The van der Waals surface area contributed by atoms with Crippen molar-refractivity contribution in [3.05, 3.63) is 34.9 Å². The molecule has 0 nitrogen and oxygen atoms in total. The smallest absolute Gasteiger partial charge is 0.0406 e. The zero-order chi connectivity index (χ0) is 9.97. The van der Waals surface area contributed by atoms with Crippen LogP contribution in [0.4, 0.5) is 0 Å². The molecule has 2 atom stereocenters. The van der Waals surface area contributed by atoms with Crippen LogP contribution in [0.2, 0.25) is 5.02 Å². The minimum absolute atomic E-state index is 0.765. The fourth-order valence-corrected chi connectivity index (χ4v) is 2.65. The minimum atomic E-state index is 0.765. The molecule has 0 aliphatic heterocycles. The Labute approximate surface area is 91.3 Å². The zero-order valence-electron chi connectivity index (χ0n) is 8.67. The van der Waals surface area contributed by atoms with Gasteiger partial charge in [-0.05, 0) is 36.0 Å². The van der Waals surface area contributed by atoms with E-state index in [1.165, 1.54) is 31.2 Å². The average molecular weight is 209 g/mol. The van der Waals surface area contributed by atoms with Gasteiger partial charge in [-0.25, -0.2) is 0 Å². The average Bonchev–Trinajstić information content (AvgIpc) is 2.20. The van der Waals surface area contributed by atoms with Crippen LogP contribution in [0.15, 0.2) is 24.3 Å². The van der Waals surface area contributed by atoms with E-state index in [0.717, 1.165) is 16.9 Å². The van der Waals surface area contributed by atoms with Gasteiger partial charge in [-0.15, -0.1) is 0 Å². The first-order valence-corrected chi connectivity index (χ1v) is 5.90. The van der Waals surface area contributed by atoms with Crippen LogP contribution in [-0.4, -0.2) is 0 Å². The maximum absolute atomic E-state index is 5.89. The Morgan fingerprint density at radius 3 is 2.36 bits per heavy atom. The highest BCUT2D eigenvalue weighted by atomic mass is 35.5. The Hall–Kier alpha value is -0.490. The minimum Gasteiger partial charge on any atom is -0.0843 e. The Morgan fingerprint density at radius 1 is 1.07 bits per heavy atom. The third-order valence-electron chi connectivity index (χ3n) is 3.41. The van der Waals surface area contributed by atoms with Gasteiger partial charge >= 0.3 is 0 Å². The molecule has 0 unspecified atom stereocenters. The third kappa shape index (κ3) is 2.12. The van der Waals surface area contributed by atoms with E-state index in [2.05, 4.69) is 19.1 Å². The van der Waals surface area contributed by atoms with Gasteiger partial charge in [-0.1, -0.05) is 49.9 Å². The van der Waals surface area contributed by atoms with E-state index >= 15 is 0 Å². The summed E-state index contributed by atoms with van der Waals surface area (Å²) < 4.78 is 0. The van der Waals surface area contributed by atoms with Crippen LogP contribution in [0.5, 0.6) is 0 Å². The van der Waals surface area contributed by atoms with Crippen LogP contribution in [0.3, 0.4) is 0 Å². The zero-order valence-corrected chi connectivity index (χ0v) is 9.43. The molecule has 1 heteroatoms. The van der Waals surface area contributed by atoms with Gasteiger partial charge in [0.05, 0.1) is 0 Å². The van der Waals surface area contributed by atoms with Gasteiger partial charge in [0.25, 0.3) is 0 Å². The largest absolute Gasteiger partial charge is 0.0843 e. The van der Waals surface area contributed by atoms with Crippen LogP contribution in [0.1, 0.15) is 44.1 Å². The molecule has 1 saturated carbocycles. The summed E-state index contributed by atoms with van der Waals surface area (Å²) in [6.07, 6.45) is 5.53. The maximum Gasteiger partial charge on any atom is 0.0406 e. The lowest BCUT2D eigenvalue weighted by Gasteiger charge is -2.29. The molecule has 0 heterocycles. The van der Waals surface area contributed by atoms with Crippen molar-refractivity contribution in [2.24, 2.45) is 5.92 Å². The Kier molecular flexibility index (Phi) is 3.12. The van der Waals surface area contributed by atoms with E-state index in [1.807, 2.05) is 12.1 Å². The first kappa shape index (κ1) is 10.0. The standard InChI is InChI=1S/C13H17Cl/c1-10-4-2-3-5-13(10)11-6-8-12(14)9-7-11/h6-10,13H,2-5H2,1H3/t10-,13-/m1/s1. The molecule has 0 bridgehead atoms. The van der Waals surface area contributed by atoms with Crippen molar-refractivity contribution in [2.75, 3.05) is 0 Å². The lowest BCUT2D eigenvalue weighted by Crippen LogP contribution is -2.14. The van der Waals surface area contributed by atoms with Crippen LogP contribution in [0, 0.1) is 5.92 Å². The molecule has 0 radical (unpaired) electrons. The van der Waals surface area contributed by atoms with Gasteiger partial charge in [-0.2, -0.15) is 0 Å². The second-order valence-corrected chi connectivity index (χ2v) is 4.86. The normalized spacial score (nSPS) is 27.6. The molecule has 1 aromatic rings. The van der Waals surface area contributed by atoms with Crippen LogP contribution >= 0.6 is 11.6 Å². The quantitative estimate of drug-likeness (QED) is 0.631. The number of rotatable bonds is 1. The van der Waals surface area contributed by atoms with Crippen molar-refractivity contribution < 1.29 is 0 Å². The molecule has 0 N–H and O–H groups in total. The predicted molar refractivity (Wildman–Crippen MR) is 61.8 cm³/mol. The van der Waals surface area contributed by atoms with E-state index in [1.54, 1.807) is 0 Å². The molecule has 76 valence electrons. The van der Waals surface area contributed by atoms with Crippen LogP contribution < -0.4 is 0 Å². The highest BCUT2D eigenvalue weighted by Gasteiger charge is 2.22. The molecule has 1 aliphatic rings. The van der Waals surface area contributed by atoms with E-state index in [0.29, 0.717) is 0 Å². The van der Waals surface area contributed by atoms with Crippen LogP contribution in [-0.2, 0) is 0 Å². The monoisotopic (exact) mass is 208 g/mol. The van der Waals surface area contributed by atoms with Crippen molar-refractivity contribution >= 4 is 11.6 Å². The summed E-state index contributed by atoms with van der Waals surface area (Å²) in [6.45, 7) is 2.37. The molecule has 2 rings (SSSR count). The van der Waals surface area contributed by atoms with E-state index in [9.17, 15) is 0 Å². The van der Waals surface area contributed by atoms with Crippen molar-refractivity contribution in [1.29, 1.82) is 0 Å². The summed E-state index contributed by atoms with van der Waals surface area (Å²) in [4.78, 5) is 0. The van der Waals surface area contributed by atoms with Gasteiger partial charge in [0.15, 0.2) is 0 Å². The molecule has 0 saturated heterocycles. The number of hydrogen-bond donors (Lipinski definition) is 0. The molecule has 0 aromatic heterocycles. The molecular weight excluding hydrogens is 192 g/mol. The predicted octanol–water partition coefficient (Wildman–Crippen LogP) is 4.63. The third-order valence-corrected chi connectivity index (χ3v) is 3.66. The fraction of sp³-hybridized carbons (Fsp3) is 0.538. The molecule has 0 spiro atoms. The second-order valence-electron chi connectivity index (χ2n) is 4.42. The van der Waals surface area contributed by atoms with Gasteiger partial charge in [-0.3, -0.25) is 0 Å². The maximum atomic E-state index is 5.89. The van der Waals surface area contributed by atoms with Gasteiger partial charge in [0.2, 0.25) is 0 Å². The molecule has 1 aliphatic carbocycles. The number of benzene rings is 1. The Balaban J connectivity index is 2.16. The lowest BCUT2D eigenvalue weighted by molar-refractivity contribution is 0.330. The van der Waals surface area contributed by atoms with Crippen molar-refractivity contribution in [2.45, 2.75) is 38.5 Å². The first-order valence-electron chi connectivity index (χ1n) is 5.53. The topological polar surface area (TPSA) is 0 Å². The SMILES string of the molecule is C[C@@H]1CCCC[C@H]1c1ccc(Cl)cc1. The molecule has 1 aromatic carbocycles. The summed E-state index contributed by atoms with van der Waals surface area (Å²) in [5.41, 5.74) is 1.47. The van der Waals surface area contributed by atoms with E-state index < -0.39 is 0 Å². The molecule has 14 heavy (non-hydrogen) atoms. The summed E-state index contributed by atoms with van der Waals surface area (Å²) >= 11 is 5.89. The summed E-state index contributed by atoms with van der Waals surface area (Å²) in [5, 5.41) is 0.845. The number of halogens is 1. The van der Waals surface area contributed by atoms with Crippen LogP contribution in [0.25, 0.3) is 0 Å². The molecule has 1 fully saturated rings. The highest BCUT2D eigenvalue weighted by molar-refractivity contribution is 6.30. The number of hydrogen-bond acceptors (Lipinski definition) is 0. The molecular formula is C13H17Cl. The highest BCUT2D eigenvalue weighted by Crippen LogP contribution is 2.37. The van der Waals surface area contributed by atoms with Crippen molar-refractivity contribution in [1.82, 2.24) is 0 Å². The van der Waals surface area contributed by atoms with E-state index in [4.69, 9.17) is 11.6 Å². The van der Waals surface area contributed by atoms with Gasteiger partial charge in [0.1, 0.15) is 0 Å². The van der Waals surface area contributed by atoms with Gasteiger partial charge in [0, 0.05) is 5.02 Å². The van der Waals surface area contributed by atoms with Crippen molar-refractivity contribution in [3.63, 3.8) is 0 Å². The summed E-state index contributed by atoms with van der Waals surface area (Å²) in [7, 11) is 0. The Bertz CT molecular complexity index is 289. The van der Waals surface area contributed by atoms with E-state index in [-0.39, 0.29) is 0 Å². The summed E-state index contributed by atoms with van der Waals surface area (Å²) in [6, 6.07) is 8.40. The Morgan fingerprint density at radius 2 is 1.71 bits per heavy atom. The molecule has 0 amide bonds. The fourth-order valence-electron chi connectivity index (χ4n) is 2.52. The van der Waals surface area contributed by atoms with Gasteiger partial charge < -0.3 is 0 Å². The first-order chi connectivity index (χ1) is 6.77. The van der Waals surface area contributed by atoms with Crippen molar-refractivity contribution in [3.8, 4) is 0 Å². The lowest BCUT2D eigenvalue weighted by atomic mass is 9.76.